The van der Waals surface area contributed by atoms with Gasteiger partial charge in [0.25, 0.3) is 0 Å². The molecule has 0 saturated carbocycles. The summed E-state index contributed by atoms with van der Waals surface area (Å²) in [4.78, 5) is 39.6. The third kappa shape index (κ3) is 6.08. The van der Waals surface area contributed by atoms with Crippen LogP contribution < -0.4 is 5.32 Å². The number of halogens is 1. The van der Waals surface area contributed by atoms with E-state index >= 15 is 0 Å². The minimum absolute atomic E-state index is 0.0338. The van der Waals surface area contributed by atoms with Crippen LogP contribution in [0.15, 0.2) is 36.4 Å². The highest BCUT2D eigenvalue weighted by Gasteiger charge is 2.34. The number of hydrogen-bond acceptors (Lipinski definition) is 4. The second-order valence-electron chi connectivity index (χ2n) is 8.11. The van der Waals surface area contributed by atoms with Gasteiger partial charge in [0.1, 0.15) is 6.61 Å². The largest absolute Gasteiger partial charge is 0.463 e. The van der Waals surface area contributed by atoms with Gasteiger partial charge in [-0.15, -0.1) is 0 Å². The first kappa shape index (κ1) is 22.3. The van der Waals surface area contributed by atoms with Crippen LogP contribution in [-0.4, -0.2) is 41.9 Å². The van der Waals surface area contributed by atoms with Crippen LogP contribution in [0.1, 0.15) is 44.6 Å². The predicted octanol–water partition coefficient (Wildman–Crippen LogP) is 3.48. The van der Waals surface area contributed by atoms with E-state index in [9.17, 15) is 14.4 Å². The molecule has 2 amide bonds. The van der Waals surface area contributed by atoms with Crippen LogP contribution in [-0.2, 0) is 25.7 Å². The molecule has 3 atom stereocenters. The number of hydrogen-bond donors (Lipinski definition) is 1. The maximum atomic E-state index is 13.2. The highest BCUT2D eigenvalue weighted by molar-refractivity contribution is 6.30. The quantitative estimate of drug-likeness (QED) is 0.583. The molecule has 3 rings (SSSR count). The molecular weight excluding hydrogens is 404 g/mol. The molecule has 0 aromatic heterocycles. The van der Waals surface area contributed by atoms with Crippen LogP contribution in [0.2, 0.25) is 5.02 Å². The van der Waals surface area contributed by atoms with E-state index in [-0.39, 0.29) is 42.8 Å². The van der Waals surface area contributed by atoms with E-state index < -0.39 is 5.92 Å². The van der Waals surface area contributed by atoms with Crippen LogP contribution in [0.25, 0.3) is 0 Å². The van der Waals surface area contributed by atoms with Gasteiger partial charge in [0.05, 0.1) is 17.9 Å². The van der Waals surface area contributed by atoms with Crippen LogP contribution in [0.4, 0.5) is 0 Å². The van der Waals surface area contributed by atoms with E-state index in [4.69, 9.17) is 16.3 Å². The third-order valence-electron chi connectivity index (χ3n) is 5.74. The molecule has 1 N–H and O–H groups in total. The summed E-state index contributed by atoms with van der Waals surface area (Å²) in [5, 5.41) is 3.55. The van der Waals surface area contributed by atoms with Gasteiger partial charge in [0.2, 0.25) is 11.8 Å². The Morgan fingerprint density at radius 3 is 2.70 bits per heavy atom. The lowest BCUT2D eigenvalue weighted by Crippen LogP contribution is -2.43. The Morgan fingerprint density at radius 1 is 1.20 bits per heavy atom. The Hall–Kier alpha value is -2.34. The van der Waals surface area contributed by atoms with Gasteiger partial charge in [-0.05, 0) is 43.4 Å². The SMILES string of the molecule is C[C@H]1C/C=C/C[C@@H](CC(=O)NCc2ccc(Cl)cc2)C(=O)N2CCCC2COC1=O. The molecular formula is C23H29ClN2O4. The van der Waals surface area contributed by atoms with Gasteiger partial charge in [-0.2, -0.15) is 0 Å². The highest BCUT2D eigenvalue weighted by atomic mass is 35.5. The molecule has 1 saturated heterocycles. The average molecular weight is 433 g/mol. The molecule has 162 valence electrons. The van der Waals surface area contributed by atoms with Crippen molar-refractivity contribution in [2.45, 2.75) is 51.6 Å². The summed E-state index contributed by atoms with van der Waals surface area (Å²) in [5.74, 6) is -1.05. The molecule has 1 aromatic rings. The molecule has 1 fully saturated rings. The van der Waals surface area contributed by atoms with Gasteiger partial charge in [-0.3, -0.25) is 14.4 Å². The van der Waals surface area contributed by atoms with E-state index in [0.29, 0.717) is 31.0 Å². The number of esters is 1. The van der Waals surface area contributed by atoms with Crippen molar-refractivity contribution >= 4 is 29.4 Å². The van der Waals surface area contributed by atoms with Crippen LogP contribution in [0.3, 0.4) is 0 Å². The molecule has 0 aliphatic carbocycles. The van der Waals surface area contributed by atoms with E-state index in [2.05, 4.69) is 5.32 Å². The topological polar surface area (TPSA) is 75.7 Å². The molecule has 7 heteroatoms. The molecule has 2 aliphatic heterocycles. The van der Waals surface area contributed by atoms with Gasteiger partial charge in [-0.1, -0.05) is 42.8 Å². The van der Waals surface area contributed by atoms with Crippen molar-refractivity contribution in [1.82, 2.24) is 10.2 Å². The summed E-state index contributed by atoms with van der Waals surface area (Å²) in [6.45, 7) is 3.11. The summed E-state index contributed by atoms with van der Waals surface area (Å²) in [7, 11) is 0. The van der Waals surface area contributed by atoms with E-state index in [1.165, 1.54) is 0 Å². The second kappa shape index (κ2) is 10.6. The van der Waals surface area contributed by atoms with Gasteiger partial charge in [0.15, 0.2) is 0 Å². The highest BCUT2D eigenvalue weighted by Crippen LogP contribution is 2.24. The fourth-order valence-electron chi connectivity index (χ4n) is 3.88. The number of nitrogens with one attached hydrogen (secondary N) is 1. The van der Waals surface area contributed by atoms with Gasteiger partial charge in [0, 0.05) is 24.5 Å². The maximum absolute atomic E-state index is 13.2. The number of benzene rings is 1. The number of allylic oxidation sites excluding steroid dienone is 2. The number of ether oxygens (including phenoxy) is 1. The van der Waals surface area contributed by atoms with E-state index in [0.717, 1.165) is 18.4 Å². The first-order valence-corrected chi connectivity index (χ1v) is 10.9. The van der Waals surface area contributed by atoms with Crippen LogP contribution >= 0.6 is 11.6 Å². The smallest absolute Gasteiger partial charge is 0.309 e. The lowest BCUT2D eigenvalue weighted by molar-refractivity contribution is -0.152. The number of nitrogens with zero attached hydrogens (tertiary/aromatic N) is 1. The summed E-state index contributed by atoms with van der Waals surface area (Å²) in [6.07, 6.45) is 6.70. The van der Waals surface area contributed by atoms with Crippen molar-refractivity contribution in [3.05, 3.63) is 47.0 Å². The first-order chi connectivity index (χ1) is 14.4. The number of amides is 2. The summed E-state index contributed by atoms with van der Waals surface area (Å²) >= 11 is 5.89. The molecule has 0 spiro atoms. The molecule has 2 heterocycles. The van der Waals surface area contributed by atoms with Crippen molar-refractivity contribution in [2.75, 3.05) is 13.2 Å². The molecule has 0 radical (unpaired) electrons. The Kier molecular flexibility index (Phi) is 7.91. The zero-order chi connectivity index (χ0) is 21.5. The lowest BCUT2D eigenvalue weighted by Gasteiger charge is -2.29. The molecule has 2 aliphatic rings. The predicted molar refractivity (Wildman–Crippen MR) is 115 cm³/mol. The third-order valence-corrected chi connectivity index (χ3v) is 5.99. The normalized spacial score (nSPS) is 26.2. The molecule has 1 unspecified atom stereocenters. The monoisotopic (exact) mass is 432 g/mol. The average Bonchev–Trinajstić information content (AvgIpc) is 3.21. The number of rotatable bonds is 4. The van der Waals surface area contributed by atoms with Gasteiger partial charge >= 0.3 is 5.97 Å². The standard InChI is InChI=1S/C23H29ClN2O4/c1-16-5-2-3-6-18(13-21(27)25-14-17-8-10-19(24)11-9-17)22(28)26-12-4-7-20(26)15-30-23(16)29/h2-3,8-11,16,18,20H,4-7,12-15H2,1H3,(H,25,27)/b3-2+/t16-,18-,20?/m0/s1. The number of cyclic esters (lactones) is 1. The minimum atomic E-state index is -0.419. The maximum Gasteiger partial charge on any atom is 0.309 e. The molecule has 30 heavy (non-hydrogen) atoms. The molecule has 1 aromatic carbocycles. The Labute approximate surface area is 182 Å². The van der Waals surface area contributed by atoms with Crippen molar-refractivity contribution in [1.29, 1.82) is 0 Å². The lowest BCUT2D eigenvalue weighted by atomic mass is 9.97. The second-order valence-corrected chi connectivity index (χ2v) is 8.54. The Balaban J connectivity index is 1.65. The number of fused-ring (bicyclic) bond motifs is 1. The fraction of sp³-hybridized carbons (Fsp3) is 0.522. The summed E-state index contributed by atoms with van der Waals surface area (Å²) < 4.78 is 5.45. The van der Waals surface area contributed by atoms with Crippen LogP contribution in [0.5, 0.6) is 0 Å². The molecule has 6 nitrogen and oxygen atoms in total. The van der Waals surface area contributed by atoms with E-state index in [1.54, 1.807) is 17.0 Å². The molecule has 0 bridgehead atoms. The number of carbonyl (C=O) groups excluding carboxylic acids is 3. The number of carbonyl (C=O) groups is 3. The Morgan fingerprint density at radius 2 is 1.93 bits per heavy atom. The summed E-state index contributed by atoms with van der Waals surface area (Å²) in [6, 6.07) is 7.20. The summed E-state index contributed by atoms with van der Waals surface area (Å²) in [5.41, 5.74) is 0.952. The van der Waals surface area contributed by atoms with Crippen molar-refractivity contribution in [2.24, 2.45) is 11.8 Å². The van der Waals surface area contributed by atoms with Gasteiger partial charge < -0.3 is 15.0 Å². The van der Waals surface area contributed by atoms with Crippen molar-refractivity contribution in [3.63, 3.8) is 0 Å². The van der Waals surface area contributed by atoms with E-state index in [1.807, 2.05) is 31.2 Å². The zero-order valence-electron chi connectivity index (χ0n) is 17.3. The zero-order valence-corrected chi connectivity index (χ0v) is 18.1. The van der Waals surface area contributed by atoms with Gasteiger partial charge in [-0.25, -0.2) is 0 Å². The minimum Gasteiger partial charge on any atom is -0.463 e. The van der Waals surface area contributed by atoms with Crippen molar-refractivity contribution in [3.8, 4) is 0 Å². The fourth-order valence-corrected chi connectivity index (χ4v) is 4.01. The Bertz CT molecular complexity index is 793. The van der Waals surface area contributed by atoms with Crippen LogP contribution in [0, 0.1) is 11.8 Å². The van der Waals surface area contributed by atoms with Crippen molar-refractivity contribution < 1.29 is 19.1 Å². The first-order valence-electron chi connectivity index (χ1n) is 10.6.